The first-order valence-electron chi connectivity index (χ1n) is 12.5. The third kappa shape index (κ3) is 10.7. The van der Waals surface area contributed by atoms with Crippen LogP contribution in [0.2, 0.25) is 0 Å². The maximum atomic E-state index is 12.1. The van der Waals surface area contributed by atoms with Crippen LogP contribution in [0.5, 0.6) is 5.75 Å². The van der Waals surface area contributed by atoms with E-state index in [-0.39, 0.29) is 12.6 Å². The molecule has 5 N–H and O–H groups in total. The van der Waals surface area contributed by atoms with E-state index in [1.165, 1.54) is 0 Å². The number of alkyl halides is 6. The molecular weight excluding hydrogens is 620 g/mol. The number of carbonyl (C=O) groups excluding carboxylic acids is 1. The number of carbonyl (C=O) groups is 3. The van der Waals surface area contributed by atoms with Crippen molar-refractivity contribution >= 4 is 35.1 Å². The largest absolute Gasteiger partial charge is 0.492 e. The second-order valence-electron chi connectivity index (χ2n) is 8.82. The molecule has 0 saturated carbocycles. The minimum absolute atomic E-state index is 0.187. The average molecular weight is 643 g/mol. The monoisotopic (exact) mass is 643 g/mol. The van der Waals surface area contributed by atoms with E-state index in [1.54, 1.807) is 6.20 Å². The van der Waals surface area contributed by atoms with E-state index < -0.39 is 30.4 Å². The molecule has 2 aromatic carbocycles. The van der Waals surface area contributed by atoms with E-state index in [9.17, 15) is 31.1 Å². The fourth-order valence-electron chi connectivity index (χ4n) is 3.47. The second-order valence-corrected chi connectivity index (χ2v) is 8.82. The first-order valence-corrected chi connectivity index (χ1v) is 12.5. The number of rotatable bonds is 4. The Kier molecular flexibility index (Phi) is 11.3. The Morgan fingerprint density at radius 2 is 1.58 bits per heavy atom. The molecule has 12 nitrogen and oxygen atoms in total. The Hall–Kier alpha value is -5.39. The Labute approximate surface area is 249 Å². The predicted octanol–water partition coefficient (Wildman–Crippen LogP) is 5.12. The second kappa shape index (κ2) is 14.9. The van der Waals surface area contributed by atoms with Crippen LogP contribution in [-0.4, -0.2) is 68.7 Å². The zero-order chi connectivity index (χ0) is 33.2. The van der Waals surface area contributed by atoms with Gasteiger partial charge in [-0.25, -0.2) is 19.4 Å². The summed E-state index contributed by atoms with van der Waals surface area (Å²) in [5.74, 6) is -4.32. The summed E-state index contributed by atoms with van der Waals surface area (Å²) in [5, 5.41) is 20.2. The number of aromatic nitrogens is 3. The van der Waals surface area contributed by atoms with Crippen molar-refractivity contribution in [3.8, 4) is 16.9 Å². The summed E-state index contributed by atoms with van der Waals surface area (Å²) in [7, 11) is 0. The lowest BCUT2D eigenvalue weighted by Gasteiger charge is -2.09. The number of carboxylic acids is 2. The molecule has 0 bridgehead atoms. The Balaban J connectivity index is 0.000000331. The summed E-state index contributed by atoms with van der Waals surface area (Å²) in [6.45, 7) is 2.45. The van der Waals surface area contributed by atoms with E-state index in [1.807, 2.05) is 48.5 Å². The van der Waals surface area contributed by atoms with Gasteiger partial charge in [0.05, 0.1) is 5.52 Å². The highest BCUT2D eigenvalue weighted by atomic mass is 19.4. The standard InChI is InChI=1S/C23H21N5O3.2C2HF3O2/c29-23(31-14-15-4-2-1-3-5-15)28-22-26-19-11-17(13-25-21(19)27-22)16-6-7-20-18(10-16)12-24-8-9-30-20;2*3-2(4,5)1(6)7/h1-7,10-11,13,24H,8-9,12,14H2,(H2,25,26,27,28,29);2*(H,6,7). The van der Waals surface area contributed by atoms with Gasteiger partial charge in [-0.3, -0.25) is 5.32 Å². The predicted molar refractivity (Wildman–Crippen MR) is 144 cm³/mol. The van der Waals surface area contributed by atoms with Crippen LogP contribution in [0.3, 0.4) is 0 Å². The molecule has 1 amide bonds. The average Bonchev–Trinajstić information content (AvgIpc) is 3.22. The molecule has 4 aromatic rings. The number of nitrogens with one attached hydrogen (secondary N) is 3. The Bertz CT molecular complexity index is 1600. The molecule has 1 aliphatic rings. The number of ether oxygens (including phenoxy) is 2. The third-order valence-electron chi connectivity index (χ3n) is 5.50. The van der Waals surface area contributed by atoms with Crippen LogP contribution in [-0.2, 0) is 27.5 Å². The van der Waals surface area contributed by atoms with Crippen LogP contribution in [0.25, 0.3) is 22.3 Å². The van der Waals surface area contributed by atoms with Gasteiger partial charge in [-0.15, -0.1) is 0 Å². The number of aliphatic carboxylic acids is 2. The van der Waals surface area contributed by atoms with Gasteiger partial charge >= 0.3 is 30.4 Å². The van der Waals surface area contributed by atoms with Gasteiger partial charge in [0.15, 0.2) is 5.65 Å². The quantitative estimate of drug-likeness (QED) is 0.188. The smallest absolute Gasteiger partial charge is 0.490 e. The highest BCUT2D eigenvalue weighted by Crippen LogP contribution is 2.29. The molecule has 1 aliphatic heterocycles. The number of aromatic amines is 1. The number of amides is 1. The molecule has 0 fully saturated rings. The number of carboxylic acid groups (broad SMARTS) is 2. The lowest BCUT2D eigenvalue weighted by atomic mass is 10.0. The van der Waals surface area contributed by atoms with E-state index >= 15 is 0 Å². The topological polar surface area (TPSA) is 176 Å². The summed E-state index contributed by atoms with van der Waals surface area (Å²) >= 11 is 0. The van der Waals surface area contributed by atoms with Crippen LogP contribution < -0.4 is 15.4 Å². The van der Waals surface area contributed by atoms with Crippen LogP contribution in [0.1, 0.15) is 11.1 Å². The molecule has 3 heterocycles. The van der Waals surface area contributed by atoms with E-state index in [4.69, 9.17) is 29.3 Å². The van der Waals surface area contributed by atoms with Gasteiger partial charge < -0.3 is 30.0 Å². The molecule has 0 atom stereocenters. The minimum atomic E-state index is -5.08. The van der Waals surface area contributed by atoms with Crippen LogP contribution >= 0.6 is 0 Å². The number of halogens is 6. The number of fused-ring (bicyclic) bond motifs is 2. The Morgan fingerprint density at radius 3 is 2.20 bits per heavy atom. The zero-order valence-corrected chi connectivity index (χ0v) is 22.7. The van der Waals surface area contributed by atoms with E-state index in [0.717, 1.165) is 46.6 Å². The van der Waals surface area contributed by atoms with Gasteiger partial charge in [-0.05, 0) is 29.3 Å². The first kappa shape index (κ1) is 34.1. The fourth-order valence-corrected chi connectivity index (χ4v) is 3.47. The molecule has 45 heavy (non-hydrogen) atoms. The molecule has 0 spiro atoms. The van der Waals surface area contributed by atoms with Gasteiger partial charge in [-0.1, -0.05) is 36.4 Å². The normalized spacial score (nSPS) is 12.6. The molecule has 0 saturated heterocycles. The lowest BCUT2D eigenvalue weighted by molar-refractivity contribution is -0.193. The van der Waals surface area contributed by atoms with Crippen molar-refractivity contribution in [2.75, 3.05) is 18.5 Å². The minimum Gasteiger partial charge on any atom is -0.492 e. The van der Waals surface area contributed by atoms with Crippen molar-refractivity contribution in [3.63, 3.8) is 0 Å². The number of H-pyrrole nitrogens is 1. The fraction of sp³-hybridized carbons (Fsp3) is 0.222. The molecule has 0 unspecified atom stereocenters. The van der Waals surface area contributed by atoms with Crippen LogP contribution in [0.15, 0.2) is 60.8 Å². The molecular formula is C27H23F6N5O7. The van der Waals surface area contributed by atoms with Gasteiger partial charge in [0.2, 0.25) is 5.95 Å². The number of hydrogen-bond donors (Lipinski definition) is 5. The van der Waals surface area contributed by atoms with Crippen molar-refractivity contribution in [1.29, 1.82) is 0 Å². The highest BCUT2D eigenvalue weighted by molar-refractivity contribution is 5.86. The van der Waals surface area contributed by atoms with Gasteiger partial charge in [0.1, 0.15) is 19.0 Å². The molecule has 5 rings (SSSR count). The summed E-state index contributed by atoms with van der Waals surface area (Å²) in [6, 6.07) is 17.6. The number of pyridine rings is 1. The molecule has 18 heteroatoms. The SMILES string of the molecule is O=C(Nc1nc2ncc(-c3ccc4c(c3)CNCCO4)cc2[nH]1)OCc1ccccc1.O=C(O)C(F)(F)F.O=C(O)C(F)(F)F. The number of imidazole rings is 1. The zero-order valence-electron chi connectivity index (χ0n) is 22.7. The third-order valence-corrected chi connectivity index (χ3v) is 5.50. The van der Waals surface area contributed by atoms with Crippen LogP contribution in [0.4, 0.5) is 37.1 Å². The van der Waals surface area contributed by atoms with Gasteiger partial charge in [-0.2, -0.15) is 31.3 Å². The number of hydrogen-bond acceptors (Lipinski definition) is 8. The number of benzene rings is 2. The van der Waals surface area contributed by atoms with Crippen LogP contribution in [0, 0.1) is 0 Å². The maximum absolute atomic E-state index is 12.1. The summed E-state index contributed by atoms with van der Waals surface area (Å²) < 4.78 is 74.5. The summed E-state index contributed by atoms with van der Waals surface area (Å²) in [6.07, 6.45) is -8.98. The summed E-state index contributed by atoms with van der Waals surface area (Å²) in [4.78, 5) is 41.7. The maximum Gasteiger partial charge on any atom is 0.490 e. The van der Waals surface area contributed by atoms with Crippen molar-refractivity contribution in [2.45, 2.75) is 25.5 Å². The molecule has 2 aromatic heterocycles. The van der Waals surface area contributed by atoms with Crippen molar-refractivity contribution in [1.82, 2.24) is 20.3 Å². The molecule has 0 aliphatic carbocycles. The number of nitrogens with zero attached hydrogens (tertiary/aromatic N) is 2. The number of anilines is 1. The first-order chi connectivity index (χ1) is 21.1. The van der Waals surface area contributed by atoms with Crippen molar-refractivity contribution in [3.05, 3.63) is 71.9 Å². The lowest BCUT2D eigenvalue weighted by Crippen LogP contribution is -2.21. The highest BCUT2D eigenvalue weighted by Gasteiger charge is 2.38. The van der Waals surface area contributed by atoms with Crippen molar-refractivity contribution < 1.29 is 60.4 Å². The molecule has 0 radical (unpaired) electrons. The molecule has 240 valence electrons. The van der Waals surface area contributed by atoms with Gasteiger partial charge in [0.25, 0.3) is 0 Å². The van der Waals surface area contributed by atoms with E-state index in [0.29, 0.717) is 12.3 Å². The van der Waals surface area contributed by atoms with Crippen molar-refractivity contribution in [2.24, 2.45) is 0 Å². The van der Waals surface area contributed by atoms with Gasteiger partial charge in [0, 0.05) is 30.4 Å². The Morgan fingerprint density at radius 1 is 0.933 bits per heavy atom. The van der Waals surface area contributed by atoms with E-state index in [2.05, 4.69) is 31.7 Å². The summed E-state index contributed by atoms with van der Waals surface area (Å²) in [5.41, 5.74) is 5.24.